The number of morpholine rings is 1. The van der Waals surface area contributed by atoms with E-state index in [1.165, 1.54) is 0 Å². The van der Waals surface area contributed by atoms with Crippen molar-refractivity contribution in [2.24, 2.45) is 4.99 Å². The number of nitrogens with zero attached hydrogens (tertiary/aromatic N) is 4. The molecule has 2 heterocycles. The van der Waals surface area contributed by atoms with Crippen LogP contribution in [-0.4, -0.2) is 66.4 Å². The first-order valence-corrected chi connectivity index (χ1v) is 7.82. The number of aromatic nitrogens is 2. The highest BCUT2D eigenvalue weighted by atomic mass is 16.5. The average molecular weight is 310 g/mol. The largest absolute Gasteiger partial charge is 0.379 e. The molecule has 124 valence electrons. The summed E-state index contributed by atoms with van der Waals surface area (Å²) in [6.07, 6.45) is 0. The lowest BCUT2D eigenvalue weighted by atomic mass is 10.2. The highest BCUT2D eigenvalue weighted by molar-refractivity contribution is 5.79. The fraction of sp³-hybridized carbons (Fsp3) is 0.786. The van der Waals surface area contributed by atoms with Gasteiger partial charge in [0.25, 0.3) is 0 Å². The van der Waals surface area contributed by atoms with Crippen molar-refractivity contribution in [1.82, 2.24) is 25.7 Å². The van der Waals surface area contributed by atoms with Gasteiger partial charge in [-0.05, 0) is 20.8 Å². The SMILES string of the molecule is CCNC(=NCc1nc(C)no1)NCC(C)N1CCOCC1. The maximum Gasteiger partial charge on any atom is 0.248 e. The van der Waals surface area contributed by atoms with Gasteiger partial charge in [-0.1, -0.05) is 5.16 Å². The lowest BCUT2D eigenvalue weighted by molar-refractivity contribution is 0.0211. The fourth-order valence-electron chi connectivity index (χ4n) is 2.28. The summed E-state index contributed by atoms with van der Waals surface area (Å²) < 4.78 is 10.4. The summed E-state index contributed by atoms with van der Waals surface area (Å²) in [5.41, 5.74) is 0. The van der Waals surface area contributed by atoms with Crippen LogP contribution < -0.4 is 10.6 Å². The molecule has 1 atom stereocenters. The van der Waals surface area contributed by atoms with Gasteiger partial charge in [-0.25, -0.2) is 4.99 Å². The number of nitrogens with one attached hydrogen (secondary N) is 2. The summed E-state index contributed by atoms with van der Waals surface area (Å²) in [4.78, 5) is 11.0. The Labute approximate surface area is 131 Å². The number of ether oxygens (including phenoxy) is 1. The molecule has 1 aliphatic rings. The number of hydrogen-bond acceptors (Lipinski definition) is 6. The van der Waals surface area contributed by atoms with Gasteiger partial charge >= 0.3 is 0 Å². The van der Waals surface area contributed by atoms with Gasteiger partial charge in [0.05, 0.1) is 13.2 Å². The highest BCUT2D eigenvalue weighted by Gasteiger charge is 2.17. The van der Waals surface area contributed by atoms with Gasteiger partial charge in [0.1, 0.15) is 6.54 Å². The molecule has 0 amide bonds. The van der Waals surface area contributed by atoms with Crippen molar-refractivity contribution in [3.63, 3.8) is 0 Å². The van der Waals surface area contributed by atoms with Crippen LogP contribution >= 0.6 is 0 Å². The van der Waals surface area contributed by atoms with Gasteiger partial charge in [-0.15, -0.1) is 0 Å². The third-order valence-electron chi connectivity index (χ3n) is 3.52. The first-order valence-electron chi connectivity index (χ1n) is 7.82. The molecule has 2 rings (SSSR count). The predicted molar refractivity (Wildman–Crippen MR) is 83.7 cm³/mol. The zero-order chi connectivity index (χ0) is 15.8. The Morgan fingerprint density at radius 3 is 2.77 bits per heavy atom. The van der Waals surface area contributed by atoms with Gasteiger partial charge in [-0.3, -0.25) is 4.90 Å². The van der Waals surface area contributed by atoms with Gasteiger partial charge in [-0.2, -0.15) is 4.98 Å². The van der Waals surface area contributed by atoms with Crippen molar-refractivity contribution in [2.45, 2.75) is 33.4 Å². The van der Waals surface area contributed by atoms with E-state index >= 15 is 0 Å². The van der Waals surface area contributed by atoms with Gasteiger partial charge in [0.15, 0.2) is 11.8 Å². The Hall–Kier alpha value is -1.67. The van der Waals surface area contributed by atoms with Gasteiger partial charge in [0, 0.05) is 32.2 Å². The van der Waals surface area contributed by atoms with Crippen molar-refractivity contribution >= 4 is 5.96 Å². The molecule has 0 aliphatic carbocycles. The van der Waals surface area contributed by atoms with Gasteiger partial charge in [0.2, 0.25) is 5.89 Å². The molecule has 1 aromatic heterocycles. The Morgan fingerprint density at radius 2 is 2.14 bits per heavy atom. The van der Waals surface area contributed by atoms with E-state index in [9.17, 15) is 0 Å². The number of guanidine groups is 1. The Bertz CT molecular complexity index is 470. The summed E-state index contributed by atoms with van der Waals surface area (Å²) in [5.74, 6) is 1.92. The summed E-state index contributed by atoms with van der Waals surface area (Å²) in [5, 5.41) is 10.3. The molecule has 2 N–H and O–H groups in total. The minimum absolute atomic E-state index is 0.377. The number of hydrogen-bond donors (Lipinski definition) is 2. The van der Waals surface area contributed by atoms with Crippen LogP contribution in [0.15, 0.2) is 9.52 Å². The molecule has 1 aliphatic heterocycles. The van der Waals surface area contributed by atoms with Crippen molar-refractivity contribution in [1.29, 1.82) is 0 Å². The van der Waals surface area contributed by atoms with Crippen LogP contribution in [0, 0.1) is 6.92 Å². The van der Waals surface area contributed by atoms with Crippen LogP contribution in [-0.2, 0) is 11.3 Å². The summed E-state index contributed by atoms with van der Waals surface area (Å²) in [6.45, 7) is 11.7. The molecule has 0 aromatic carbocycles. The maximum absolute atomic E-state index is 5.38. The monoisotopic (exact) mass is 310 g/mol. The van der Waals surface area contributed by atoms with Crippen molar-refractivity contribution in [3.05, 3.63) is 11.7 Å². The average Bonchev–Trinajstić information content (AvgIpc) is 2.96. The van der Waals surface area contributed by atoms with E-state index in [1.54, 1.807) is 6.92 Å². The van der Waals surface area contributed by atoms with Crippen LogP contribution in [0.5, 0.6) is 0 Å². The fourth-order valence-corrected chi connectivity index (χ4v) is 2.28. The van der Waals surface area contributed by atoms with Crippen molar-refractivity contribution in [3.8, 4) is 0 Å². The summed E-state index contributed by atoms with van der Waals surface area (Å²) in [7, 11) is 0. The second-order valence-electron chi connectivity index (χ2n) is 5.31. The van der Waals surface area contributed by atoms with E-state index in [1.807, 2.05) is 6.92 Å². The van der Waals surface area contributed by atoms with Crippen LogP contribution in [0.3, 0.4) is 0 Å². The maximum atomic E-state index is 5.38. The van der Waals surface area contributed by atoms with E-state index in [-0.39, 0.29) is 0 Å². The quantitative estimate of drug-likeness (QED) is 0.571. The van der Waals surface area contributed by atoms with Crippen molar-refractivity contribution < 1.29 is 9.26 Å². The molecular formula is C14H26N6O2. The summed E-state index contributed by atoms with van der Waals surface area (Å²) in [6, 6.07) is 0.429. The second-order valence-corrected chi connectivity index (χ2v) is 5.31. The van der Waals surface area contributed by atoms with E-state index in [0.29, 0.717) is 24.3 Å². The molecule has 1 fully saturated rings. The van der Waals surface area contributed by atoms with E-state index in [0.717, 1.165) is 45.4 Å². The lowest BCUT2D eigenvalue weighted by Crippen LogP contribution is -2.49. The number of aryl methyl sites for hydroxylation is 1. The van der Waals surface area contributed by atoms with Crippen LogP contribution in [0.1, 0.15) is 25.6 Å². The third kappa shape index (κ3) is 5.27. The first kappa shape index (κ1) is 16.7. The molecule has 22 heavy (non-hydrogen) atoms. The highest BCUT2D eigenvalue weighted by Crippen LogP contribution is 2.02. The zero-order valence-electron chi connectivity index (χ0n) is 13.6. The van der Waals surface area contributed by atoms with Crippen molar-refractivity contribution in [2.75, 3.05) is 39.4 Å². The first-order chi connectivity index (χ1) is 10.7. The molecule has 1 unspecified atom stereocenters. The molecule has 1 saturated heterocycles. The molecule has 8 nitrogen and oxygen atoms in total. The minimum Gasteiger partial charge on any atom is -0.379 e. The van der Waals surface area contributed by atoms with E-state index in [2.05, 4.69) is 37.6 Å². The minimum atomic E-state index is 0.377. The number of rotatable bonds is 6. The Balaban J connectivity index is 1.82. The molecule has 1 aromatic rings. The van der Waals surface area contributed by atoms with Gasteiger partial charge < -0.3 is 19.9 Å². The predicted octanol–water partition coefficient (Wildman–Crippen LogP) is 0.154. The smallest absolute Gasteiger partial charge is 0.248 e. The molecule has 8 heteroatoms. The second kappa shape index (κ2) is 8.70. The topological polar surface area (TPSA) is 87.8 Å². The normalized spacial score (nSPS) is 18.2. The summed E-state index contributed by atoms with van der Waals surface area (Å²) >= 11 is 0. The molecule has 0 spiro atoms. The molecular weight excluding hydrogens is 284 g/mol. The standard InChI is InChI=1S/C14H26N6O2/c1-4-15-14(17-10-13-18-12(3)19-22-13)16-9-11(2)20-5-7-21-8-6-20/h11H,4-10H2,1-3H3,(H2,15,16,17). The van der Waals surface area contributed by atoms with E-state index < -0.39 is 0 Å². The number of aliphatic imine (C=N–C) groups is 1. The molecule has 0 saturated carbocycles. The molecule has 0 bridgehead atoms. The lowest BCUT2D eigenvalue weighted by Gasteiger charge is -2.32. The van der Waals surface area contributed by atoms with E-state index in [4.69, 9.17) is 9.26 Å². The zero-order valence-corrected chi connectivity index (χ0v) is 13.6. The van der Waals surface area contributed by atoms with Crippen LogP contribution in [0.2, 0.25) is 0 Å². The third-order valence-corrected chi connectivity index (χ3v) is 3.52. The van der Waals surface area contributed by atoms with Crippen LogP contribution in [0.25, 0.3) is 0 Å². The van der Waals surface area contributed by atoms with Crippen LogP contribution in [0.4, 0.5) is 0 Å². The Kier molecular flexibility index (Phi) is 6.60. The Morgan fingerprint density at radius 1 is 1.36 bits per heavy atom. The molecule has 0 radical (unpaired) electrons.